The van der Waals surface area contributed by atoms with Crippen molar-refractivity contribution in [1.82, 2.24) is 15.2 Å². The summed E-state index contributed by atoms with van der Waals surface area (Å²) in [5.74, 6) is 1.19. The van der Waals surface area contributed by atoms with Crippen LogP contribution in [-0.4, -0.2) is 82.0 Å². The van der Waals surface area contributed by atoms with Gasteiger partial charge in [-0.3, -0.25) is 9.69 Å². The minimum Gasteiger partial charge on any atom is -0.381 e. The number of amides is 1. The summed E-state index contributed by atoms with van der Waals surface area (Å²) in [7, 11) is 3.83. The van der Waals surface area contributed by atoms with Crippen LogP contribution in [0.5, 0.6) is 0 Å². The molecule has 0 spiro atoms. The van der Waals surface area contributed by atoms with Gasteiger partial charge in [-0.2, -0.15) is 0 Å². The summed E-state index contributed by atoms with van der Waals surface area (Å²) in [5.41, 5.74) is 0.641. The van der Waals surface area contributed by atoms with Crippen LogP contribution in [0.3, 0.4) is 0 Å². The fourth-order valence-corrected chi connectivity index (χ4v) is 3.46. The van der Waals surface area contributed by atoms with Crippen LogP contribution in [0.2, 0.25) is 0 Å². The standard InChI is InChI=1S/C18H28N4O3/c1-21(2)17-11-14(3-5-19-17)18(23)20-12-16(15-4-8-25-13-15)22-6-9-24-10-7-22/h3,5,11,15-16H,4,6-10,12-13H2,1-2H3,(H,20,23)/t15-,16+/m0/s1. The van der Waals surface area contributed by atoms with E-state index < -0.39 is 0 Å². The molecule has 1 amide bonds. The molecule has 1 aromatic rings. The molecular weight excluding hydrogens is 320 g/mol. The van der Waals surface area contributed by atoms with Gasteiger partial charge in [0.05, 0.1) is 19.8 Å². The average molecular weight is 348 g/mol. The highest BCUT2D eigenvalue weighted by Gasteiger charge is 2.31. The normalized spacial score (nSPS) is 22.6. The van der Waals surface area contributed by atoms with Crippen LogP contribution in [-0.2, 0) is 9.47 Å². The van der Waals surface area contributed by atoms with Gasteiger partial charge < -0.3 is 19.7 Å². The van der Waals surface area contributed by atoms with Gasteiger partial charge in [-0.1, -0.05) is 0 Å². The lowest BCUT2D eigenvalue weighted by Crippen LogP contribution is -2.52. The van der Waals surface area contributed by atoms with E-state index in [0.29, 0.717) is 24.1 Å². The van der Waals surface area contributed by atoms with Crippen LogP contribution in [0.1, 0.15) is 16.8 Å². The number of hydrogen-bond donors (Lipinski definition) is 1. The lowest BCUT2D eigenvalue weighted by Gasteiger charge is -2.37. The van der Waals surface area contributed by atoms with E-state index in [1.165, 1.54) is 0 Å². The summed E-state index contributed by atoms with van der Waals surface area (Å²) < 4.78 is 11.0. The molecule has 2 atom stereocenters. The number of ether oxygens (including phenoxy) is 2. The van der Waals surface area contributed by atoms with Crippen molar-refractivity contribution in [1.29, 1.82) is 0 Å². The van der Waals surface area contributed by atoms with Crippen molar-refractivity contribution in [3.8, 4) is 0 Å². The van der Waals surface area contributed by atoms with Gasteiger partial charge in [-0.05, 0) is 18.6 Å². The Balaban J connectivity index is 1.63. The van der Waals surface area contributed by atoms with E-state index in [9.17, 15) is 4.79 Å². The summed E-state index contributed by atoms with van der Waals surface area (Å²) in [4.78, 5) is 21.2. The van der Waals surface area contributed by atoms with Crippen molar-refractivity contribution >= 4 is 11.7 Å². The molecular formula is C18H28N4O3. The molecule has 7 nitrogen and oxygen atoms in total. The fraction of sp³-hybridized carbons (Fsp3) is 0.667. The largest absolute Gasteiger partial charge is 0.381 e. The second kappa shape index (κ2) is 8.60. The topological polar surface area (TPSA) is 66.9 Å². The number of anilines is 1. The van der Waals surface area contributed by atoms with E-state index >= 15 is 0 Å². The Hall–Kier alpha value is -1.70. The van der Waals surface area contributed by atoms with Crippen LogP contribution in [0.15, 0.2) is 18.3 Å². The molecule has 2 fully saturated rings. The van der Waals surface area contributed by atoms with Crippen LogP contribution in [0, 0.1) is 5.92 Å². The molecule has 3 heterocycles. The summed E-state index contributed by atoms with van der Waals surface area (Å²) in [6.07, 6.45) is 2.73. The third-order valence-corrected chi connectivity index (χ3v) is 4.96. The van der Waals surface area contributed by atoms with Crippen LogP contribution in [0.25, 0.3) is 0 Å². The number of pyridine rings is 1. The highest BCUT2D eigenvalue weighted by Crippen LogP contribution is 2.22. The maximum absolute atomic E-state index is 12.6. The number of carbonyl (C=O) groups is 1. The minimum absolute atomic E-state index is 0.0531. The molecule has 2 aliphatic rings. The van der Waals surface area contributed by atoms with Crippen LogP contribution >= 0.6 is 0 Å². The molecule has 3 rings (SSSR count). The van der Waals surface area contributed by atoms with E-state index in [1.54, 1.807) is 12.3 Å². The molecule has 0 aliphatic carbocycles. The number of nitrogens with one attached hydrogen (secondary N) is 1. The number of carbonyl (C=O) groups excluding carboxylic acids is 1. The summed E-state index contributed by atoms with van der Waals surface area (Å²) in [5, 5.41) is 3.12. The van der Waals surface area contributed by atoms with Gasteiger partial charge in [0.25, 0.3) is 5.91 Å². The number of hydrogen-bond acceptors (Lipinski definition) is 6. The van der Waals surface area contributed by atoms with Gasteiger partial charge in [-0.15, -0.1) is 0 Å². The molecule has 0 saturated carbocycles. The number of aromatic nitrogens is 1. The van der Waals surface area contributed by atoms with Gasteiger partial charge in [0.1, 0.15) is 5.82 Å². The lowest BCUT2D eigenvalue weighted by molar-refractivity contribution is 0.00166. The Morgan fingerprint density at radius 1 is 1.36 bits per heavy atom. The Kier molecular flexibility index (Phi) is 6.23. The molecule has 1 aromatic heterocycles. The predicted octanol–water partition coefficient (Wildman–Crippen LogP) is 0.615. The zero-order valence-electron chi connectivity index (χ0n) is 15.1. The van der Waals surface area contributed by atoms with Crippen LogP contribution < -0.4 is 10.2 Å². The molecule has 7 heteroatoms. The number of rotatable bonds is 6. The molecule has 2 aliphatic heterocycles. The van der Waals surface area contributed by atoms with Crippen molar-refractivity contribution in [2.75, 3.05) is 65.1 Å². The Bertz CT molecular complexity index is 569. The Morgan fingerprint density at radius 2 is 2.16 bits per heavy atom. The number of nitrogens with zero attached hydrogens (tertiary/aromatic N) is 3. The summed E-state index contributed by atoms with van der Waals surface area (Å²) >= 11 is 0. The van der Waals surface area contributed by atoms with E-state index in [2.05, 4.69) is 15.2 Å². The van der Waals surface area contributed by atoms with E-state index in [0.717, 1.165) is 51.8 Å². The molecule has 138 valence electrons. The van der Waals surface area contributed by atoms with Crippen molar-refractivity contribution in [2.45, 2.75) is 12.5 Å². The Labute approximate surface area is 149 Å². The third-order valence-electron chi connectivity index (χ3n) is 4.96. The number of morpholine rings is 1. The van der Waals surface area contributed by atoms with Gasteiger partial charge >= 0.3 is 0 Å². The van der Waals surface area contributed by atoms with Gasteiger partial charge in [0.2, 0.25) is 0 Å². The molecule has 0 bridgehead atoms. The van der Waals surface area contributed by atoms with Crippen LogP contribution in [0.4, 0.5) is 5.82 Å². The van der Waals surface area contributed by atoms with Crippen molar-refractivity contribution in [3.63, 3.8) is 0 Å². The monoisotopic (exact) mass is 348 g/mol. The molecule has 0 radical (unpaired) electrons. The first-order valence-electron chi connectivity index (χ1n) is 8.96. The Morgan fingerprint density at radius 3 is 2.84 bits per heavy atom. The molecule has 2 saturated heterocycles. The predicted molar refractivity (Wildman–Crippen MR) is 96.0 cm³/mol. The summed E-state index contributed by atoms with van der Waals surface area (Å²) in [6.45, 7) is 5.57. The maximum Gasteiger partial charge on any atom is 0.251 e. The zero-order chi connectivity index (χ0) is 17.6. The second-order valence-corrected chi connectivity index (χ2v) is 6.85. The van der Waals surface area contributed by atoms with Gasteiger partial charge in [0, 0.05) is 64.1 Å². The first kappa shape index (κ1) is 18.1. The lowest BCUT2D eigenvalue weighted by atomic mass is 9.96. The quantitative estimate of drug-likeness (QED) is 0.813. The van der Waals surface area contributed by atoms with Crippen molar-refractivity contribution in [3.05, 3.63) is 23.9 Å². The first-order valence-corrected chi connectivity index (χ1v) is 8.96. The van der Waals surface area contributed by atoms with E-state index in [1.807, 2.05) is 25.1 Å². The highest BCUT2D eigenvalue weighted by atomic mass is 16.5. The fourth-order valence-electron chi connectivity index (χ4n) is 3.46. The average Bonchev–Trinajstić information content (AvgIpc) is 3.17. The molecule has 0 unspecified atom stereocenters. The SMILES string of the molecule is CN(C)c1cc(C(=O)NC[C@H]([C@H]2CCOC2)N2CCOCC2)ccn1. The van der Waals surface area contributed by atoms with E-state index in [4.69, 9.17) is 9.47 Å². The van der Waals surface area contributed by atoms with E-state index in [-0.39, 0.29) is 5.91 Å². The smallest absolute Gasteiger partial charge is 0.251 e. The molecule has 25 heavy (non-hydrogen) atoms. The molecule has 1 N–H and O–H groups in total. The van der Waals surface area contributed by atoms with Gasteiger partial charge in [0.15, 0.2) is 0 Å². The van der Waals surface area contributed by atoms with Gasteiger partial charge in [-0.25, -0.2) is 4.98 Å². The molecule has 0 aromatic carbocycles. The zero-order valence-corrected chi connectivity index (χ0v) is 15.1. The highest BCUT2D eigenvalue weighted by molar-refractivity contribution is 5.94. The maximum atomic E-state index is 12.6. The third kappa shape index (κ3) is 4.68. The van der Waals surface area contributed by atoms with Crippen molar-refractivity contribution in [2.24, 2.45) is 5.92 Å². The second-order valence-electron chi connectivity index (χ2n) is 6.85. The first-order chi connectivity index (χ1) is 12.1. The minimum atomic E-state index is -0.0531. The van der Waals surface area contributed by atoms with Crippen molar-refractivity contribution < 1.29 is 14.3 Å². The summed E-state index contributed by atoms with van der Waals surface area (Å²) in [6, 6.07) is 3.87.